The average molecular weight is 468 g/mol. The molecule has 176 valence electrons. The van der Waals surface area contributed by atoms with Crippen molar-refractivity contribution in [3.05, 3.63) is 76.6 Å². The van der Waals surface area contributed by atoms with E-state index in [9.17, 15) is 5.26 Å². The van der Waals surface area contributed by atoms with Crippen LogP contribution in [0.15, 0.2) is 42.7 Å². The Morgan fingerprint density at radius 1 is 1.20 bits per heavy atom. The Hall–Kier alpha value is -3.83. The van der Waals surface area contributed by atoms with E-state index in [1.807, 2.05) is 32.2 Å². The summed E-state index contributed by atoms with van der Waals surface area (Å²) in [5, 5.41) is 13.8. The Labute approximate surface area is 203 Å². The van der Waals surface area contributed by atoms with Gasteiger partial charge in [0.2, 0.25) is 0 Å². The summed E-state index contributed by atoms with van der Waals surface area (Å²) in [7, 11) is 0. The Kier molecular flexibility index (Phi) is 4.87. The molecule has 3 aromatic heterocycles. The molecule has 1 unspecified atom stereocenters. The fourth-order valence-electron chi connectivity index (χ4n) is 5.93. The SMILES string of the molecule is Cc1cc2c(cn1)CC1(CCN(c3nc(C)c(-c4cccc(C#N)c4F)n4nccc34)CC1)C2N. The van der Waals surface area contributed by atoms with Gasteiger partial charge in [0, 0.05) is 36.6 Å². The number of aromatic nitrogens is 4. The zero-order chi connectivity index (χ0) is 24.3. The third-order valence-corrected chi connectivity index (χ3v) is 7.83. The second-order valence-corrected chi connectivity index (χ2v) is 9.80. The molecule has 0 bridgehead atoms. The summed E-state index contributed by atoms with van der Waals surface area (Å²) < 4.78 is 16.8. The van der Waals surface area contributed by atoms with Gasteiger partial charge in [-0.1, -0.05) is 6.07 Å². The van der Waals surface area contributed by atoms with Gasteiger partial charge in [0.1, 0.15) is 17.4 Å². The molecule has 4 heterocycles. The molecule has 0 radical (unpaired) electrons. The number of nitrogens with zero attached hydrogens (tertiary/aromatic N) is 6. The number of nitriles is 1. The Morgan fingerprint density at radius 2 is 2.00 bits per heavy atom. The number of hydrogen-bond acceptors (Lipinski definition) is 6. The van der Waals surface area contributed by atoms with Gasteiger partial charge in [-0.3, -0.25) is 4.98 Å². The van der Waals surface area contributed by atoms with Gasteiger partial charge in [-0.2, -0.15) is 10.4 Å². The van der Waals surface area contributed by atoms with Crippen LogP contribution in [0.5, 0.6) is 0 Å². The molecule has 1 aliphatic heterocycles. The van der Waals surface area contributed by atoms with Crippen LogP contribution in [0.1, 0.15) is 47.0 Å². The topological polar surface area (TPSA) is 96.1 Å². The standard InChI is InChI=1S/C27H26FN7/c1-16-12-21-19(15-31-16)13-27(25(21)30)7-10-34(11-8-27)26-22-6-9-32-35(22)24(17(2)33-26)20-5-3-4-18(14-29)23(20)28/h3-6,9,12,15,25H,7-8,10-11,13,30H2,1-2H3. The van der Waals surface area contributed by atoms with Crippen LogP contribution < -0.4 is 10.6 Å². The van der Waals surface area contributed by atoms with Crippen LogP contribution in [0.2, 0.25) is 0 Å². The van der Waals surface area contributed by atoms with Crippen LogP contribution in [0.3, 0.4) is 0 Å². The molecule has 6 rings (SSSR count). The zero-order valence-electron chi connectivity index (χ0n) is 19.8. The third-order valence-electron chi connectivity index (χ3n) is 7.83. The van der Waals surface area contributed by atoms with Crippen LogP contribution in [0.25, 0.3) is 16.8 Å². The number of piperidine rings is 1. The molecule has 2 aliphatic rings. The van der Waals surface area contributed by atoms with E-state index in [0.29, 0.717) is 17.0 Å². The van der Waals surface area contributed by atoms with Crippen LogP contribution in [0, 0.1) is 36.4 Å². The highest BCUT2D eigenvalue weighted by atomic mass is 19.1. The van der Waals surface area contributed by atoms with Crippen LogP contribution in [0.4, 0.5) is 10.2 Å². The molecule has 8 heteroatoms. The molecule has 1 saturated heterocycles. The van der Waals surface area contributed by atoms with Crippen molar-refractivity contribution < 1.29 is 4.39 Å². The predicted molar refractivity (Wildman–Crippen MR) is 131 cm³/mol. The number of pyridine rings is 1. The van der Waals surface area contributed by atoms with Crippen molar-refractivity contribution in [1.29, 1.82) is 5.26 Å². The third kappa shape index (κ3) is 3.22. The predicted octanol–water partition coefficient (Wildman–Crippen LogP) is 4.26. The molecular formula is C27H26FN7. The summed E-state index contributed by atoms with van der Waals surface area (Å²) in [4.78, 5) is 11.7. The maximum atomic E-state index is 15.1. The van der Waals surface area contributed by atoms with Crippen molar-refractivity contribution in [2.75, 3.05) is 18.0 Å². The summed E-state index contributed by atoms with van der Waals surface area (Å²) in [6, 6.07) is 10.8. The minimum atomic E-state index is -0.552. The van der Waals surface area contributed by atoms with Crippen molar-refractivity contribution in [1.82, 2.24) is 19.6 Å². The van der Waals surface area contributed by atoms with E-state index in [0.717, 1.165) is 49.4 Å². The largest absolute Gasteiger partial charge is 0.355 e. The van der Waals surface area contributed by atoms with Gasteiger partial charge < -0.3 is 10.6 Å². The average Bonchev–Trinajstić information content (AvgIpc) is 3.44. The number of anilines is 1. The van der Waals surface area contributed by atoms with Crippen molar-refractivity contribution >= 4 is 11.3 Å². The van der Waals surface area contributed by atoms with Crippen LogP contribution >= 0.6 is 0 Å². The molecule has 35 heavy (non-hydrogen) atoms. The van der Waals surface area contributed by atoms with Crippen molar-refractivity contribution in [3.8, 4) is 17.3 Å². The van der Waals surface area contributed by atoms with Crippen molar-refractivity contribution in [3.63, 3.8) is 0 Å². The number of aryl methyl sites for hydroxylation is 2. The lowest BCUT2D eigenvalue weighted by Gasteiger charge is -2.42. The second kappa shape index (κ2) is 7.85. The van der Waals surface area contributed by atoms with E-state index in [-0.39, 0.29) is 17.0 Å². The normalized spacial score (nSPS) is 18.7. The van der Waals surface area contributed by atoms with E-state index in [4.69, 9.17) is 10.7 Å². The zero-order valence-corrected chi connectivity index (χ0v) is 19.8. The first-order chi connectivity index (χ1) is 16.9. The highest BCUT2D eigenvalue weighted by Crippen LogP contribution is 2.51. The fraction of sp³-hybridized carbons (Fsp3) is 0.333. The molecule has 2 N–H and O–H groups in total. The van der Waals surface area contributed by atoms with Crippen molar-refractivity contribution in [2.24, 2.45) is 11.1 Å². The van der Waals surface area contributed by atoms with Crippen LogP contribution in [-0.4, -0.2) is 32.7 Å². The van der Waals surface area contributed by atoms with E-state index in [1.54, 1.807) is 22.8 Å². The molecule has 1 aliphatic carbocycles. The van der Waals surface area contributed by atoms with Gasteiger partial charge in [0.15, 0.2) is 5.82 Å². The molecule has 4 aromatic rings. The summed E-state index contributed by atoms with van der Waals surface area (Å²) in [5.74, 6) is 0.293. The number of halogens is 1. The minimum Gasteiger partial charge on any atom is -0.355 e. The number of rotatable bonds is 2. The van der Waals surface area contributed by atoms with Gasteiger partial charge in [0.05, 0.1) is 23.1 Å². The first kappa shape index (κ1) is 21.7. The van der Waals surface area contributed by atoms with Gasteiger partial charge >= 0.3 is 0 Å². The van der Waals surface area contributed by atoms with Gasteiger partial charge in [-0.25, -0.2) is 13.9 Å². The van der Waals surface area contributed by atoms with Gasteiger partial charge in [0.25, 0.3) is 0 Å². The number of benzene rings is 1. The number of nitrogens with two attached hydrogens (primary N) is 1. The first-order valence-electron chi connectivity index (χ1n) is 11.9. The number of fused-ring (bicyclic) bond motifs is 2. The molecular weight excluding hydrogens is 441 g/mol. The molecule has 0 saturated carbocycles. The van der Waals surface area contributed by atoms with Crippen molar-refractivity contribution in [2.45, 2.75) is 39.2 Å². The minimum absolute atomic E-state index is 0.00639. The van der Waals surface area contributed by atoms with E-state index in [2.05, 4.69) is 21.0 Å². The van der Waals surface area contributed by atoms with E-state index >= 15 is 4.39 Å². The molecule has 0 amide bonds. The molecule has 1 spiro atoms. The quantitative estimate of drug-likeness (QED) is 0.473. The van der Waals surface area contributed by atoms with Gasteiger partial charge in [-0.15, -0.1) is 0 Å². The summed E-state index contributed by atoms with van der Waals surface area (Å²) in [6.45, 7) is 5.54. The lowest BCUT2D eigenvalue weighted by atomic mass is 9.73. The van der Waals surface area contributed by atoms with Gasteiger partial charge in [-0.05, 0) is 73.9 Å². The second-order valence-electron chi connectivity index (χ2n) is 9.80. The monoisotopic (exact) mass is 467 g/mol. The lowest BCUT2D eigenvalue weighted by Crippen LogP contribution is -2.44. The maximum Gasteiger partial charge on any atom is 0.155 e. The Balaban J connectivity index is 1.34. The first-order valence-corrected chi connectivity index (χ1v) is 11.9. The van der Waals surface area contributed by atoms with E-state index < -0.39 is 5.82 Å². The molecule has 1 aromatic carbocycles. The smallest absolute Gasteiger partial charge is 0.155 e. The Morgan fingerprint density at radius 3 is 2.77 bits per heavy atom. The van der Waals surface area contributed by atoms with Crippen LogP contribution in [-0.2, 0) is 6.42 Å². The maximum absolute atomic E-state index is 15.1. The lowest BCUT2D eigenvalue weighted by molar-refractivity contribution is 0.187. The summed E-state index contributed by atoms with van der Waals surface area (Å²) >= 11 is 0. The number of hydrogen-bond donors (Lipinski definition) is 1. The summed E-state index contributed by atoms with van der Waals surface area (Å²) in [5.41, 5.74) is 12.7. The summed E-state index contributed by atoms with van der Waals surface area (Å²) in [6.07, 6.45) is 6.59. The molecule has 1 atom stereocenters. The highest BCUT2D eigenvalue weighted by molar-refractivity contribution is 5.76. The highest BCUT2D eigenvalue weighted by Gasteiger charge is 2.46. The molecule has 1 fully saturated rings. The Bertz CT molecular complexity index is 1510. The molecule has 7 nitrogen and oxygen atoms in total. The fourth-order valence-corrected chi connectivity index (χ4v) is 5.93. The van der Waals surface area contributed by atoms with E-state index in [1.165, 1.54) is 17.2 Å².